The lowest BCUT2D eigenvalue weighted by Gasteiger charge is -2.28. The van der Waals surface area contributed by atoms with Crippen molar-refractivity contribution < 1.29 is 9.53 Å². The van der Waals surface area contributed by atoms with Crippen LogP contribution >= 0.6 is 15.9 Å². The Hall–Kier alpha value is -1.85. The van der Waals surface area contributed by atoms with Crippen molar-refractivity contribution in [3.05, 3.63) is 64.1 Å². The smallest absolute Gasteiger partial charge is 0.414 e. The lowest BCUT2D eigenvalue weighted by atomic mass is 10.1. The van der Waals surface area contributed by atoms with E-state index in [1.54, 1.807) is 4.90 Å². The van der Waals surface area contributed by atoms with Crippen LogP contribution in [0.1, 0.15) is 17.5 Å². The Morgan fingerprint density at radius 1 is 1.24 bits per heavy atom. The molecule has 132 valence electrons. The standard InChI is InChI=1S/C20H23BrN2O2/c1-22(2)18-10-8-16-12-17(21)9-11-19(16)23(13-18)20(24)25-14-15-6-4-3-5-7-15/h3-7,9,11-12,18H,8,10,13-14H2,1-2H3. The highest BCUT2D eigenvalue weighted by Gasteiger charge is 2.28. The Kier molecular flexibility index (Phi) is 5.76. The highest BCUT2D eigenvalue weighted by Crippen LogP contribution is 2.30. The third kappa shape index (κ3) is 4.41. The van der Waals surface area contributed by atoms with E-state index >= 15 is 0 Å². The molecule has 0 N–H and O–H groups in total. The maximum absolute atomic E-state index is 12.8. The van der Waals surface area contributed by atoms with E-state index in [0.717, 1.165) is 28.6 Å². The summed E-state index contributed by atoms with van der Waals surface area (Å²) in [6.45, 7) is 0.921. The van der Waals surface area contributed by atoms with Gasteiger partial charge in [-0.15, -0.1) is 0 Å². The first-order valence-electron chi connectivity index (χ1n) is 8.47. The van der Waals surface area contributed by atoms with Gasteiger partial charge in [0.15, 0.2) is 0 Å². The first-order valence-corrected chi connectivity index (χ1v) is 9.27. The van der Waals surface area contributed by atoms with Crippen LogP contribution in [0.25, 0.3) is 0 Å². The molecule has 25 heavy (non-hydrogen) atoms. The van der Waals surface area contributed by atoms with Gasteiger partial charge >= 0.3 is 6.09 Å². The van der Waals surface area contributed by atoms with E-state index in [0.29, 0.717) is 12.6 Å². The summed E-state index contributed by atoms with van der Waals surface area (Å²) in [5.41, 5.74) is 3.12. The number of hydrogen-bond donors (Lipinski definition) is 0. The van der Waals surface area contributed by atoms with Crippen LogP contribution < -0.4 is 4.90 Å². The maximum Gasteiger partial charge on any atom is 0.414 e. The predicted molar refractivity (Wildman–Crippen MR) is 104 cm³/mol. The quantitative estimate of drug-likeness (QED) is 0.758. The van der Waals surface area contributed by atoms with Crippen molar-refractivity contribution >= 4 is 27.7 Å². The molecular formula is C20H23BrN2O2. The molecular weight excluding hydrogens is 380 g/mol. The monoisotopic (exact) mass is 402 g/mol. The minimum atomic E-state index is -0.291. The van der Waals surface area contributed by atoms with E-state index in [2.05, 4.69) is 41.0 Å². The van der Waals surface area contributed by atoms with E-state index in [4.69, 9.17) is 4.74 Å². The average molecular weight is 403 g/mol. The summed E-state index contributed by atoms with van der Waals surface area (Å²) in [4.78, 5) is 16.8. The number of carbonyl (C=O) groups excluding carboxylic acids is 1. The Bertz CT molecular complexity index is 734. The van der Waals surface area contributed by atoms with Gasteiger partial charge in [0.1, 0.15) is 6.61 Å². The molecule has 1 aliphatic rings. The largest absolute Gasteiger partial charge is 0.444 e. The van der Waals surface area contributed by atoms with Gasteiger partial charge in [-0.3, -0.25) is 4.90 Å². The van der Waals surface area contributed by atoms with E-state index in [1.165, 1.54) is 5.56 Å². The van der Waals surface area contributed by atoms with Gasteiger partial charge in [0.05, 0.1) is 5.69 Å². The fraction of sp³-hybridized carbons (Fsp3) is 0.350. The van der Waals surface area contributed by atoms with Crippen LogP contribution in [0.5, 0.6) is 0 Å². The summed E-state index contributed by atoms with van der Waals surface area (Å²) in [7, 11) is 4.12. The topological polar surface area (TPSA) is 32.8 Å². The Morgan fingerprint density at radius 2 is 2.00 bits per heavy atom. The Labute approximate surface area is 157 Å². The molecule has 4 nitrogen and oxygen atoms in total. The highest BCUT2D eigenvalue weighted by molar-refractivity contribution is 9.10. The summed E-state index contributed by atoms with van der Waals surface area (Å²) < 4.78 is 6.63. The van der Waals surface area contributed by atoms with Crippen molar-refractivity contribution in [3.8, 4) is 0 Å². The number of halogens is 1. The van der Waals surface area contributed by atoms with Crippen molar-refractivity contribution in [1.29, 1.82) is 0 Å². The Balaban J connectivity index is 1.81. The molecule has 0 saturated heterocycles. The van der Waals surface area contributed by atoms with Gasteiger partial charge in [-0.05, 0) is 56.3 Å². The molecule has 0 saturated carbocycles. The molecule has 0 fully saturated rings. The minimum absolute atomic E-state index is 0.286. The molecule has 0 bridgehead atoms. The summed E-state index contributed by atoms with van der Waals surface area (Å²) >= 11 is 3.53. The summed E-state index contributed by atoms with van der Waals surface area (Å²) in [5.74, 6) is 0. The van der Waals surface area contributed by atoms with E-state index in [-0.39, 0.29) is 12.7 Å². The second kappa shape index (κ2) is 8.02. The van der Waals surface area contributed by atoms with E-state index in [1.807, 2.05) is 42.5 Å². The number of fused-ring (bicyclic) bond motifs is 1. The average Bonchev–Trinajstić information content (AvgIpc) is 2.80. The molecule has 1 heterocycles. The van der Waals surface area contributed by atoms with E-state index < -0.39 is 0 Å². The van der Waals surface area contributed by atoms with Gasteiger partial charge < -0.3 is 9.64 Å². The molecule has 3 rings (SSSR count). The molecule has 2 aromatic rings. The van der Waals surface area contributed by atoms with Gasteiger partial charge in [0.25, 0.3) is 0 Å². The number of hydrogen-bond acceptors (Lipinski definition) is 3. The lowest BCUT2D eigenvalue weighted by molar-refractivity contribution is 0.144. The van der Waals surface area contributed by atoms with Crippen LogP contribution in [0.15, 0.2) is 53.0 Å². The molecule has 1 atom stereocenters. The molecule has 1 amide bonds. The molecule has 0 spiro atoms. The number of anilines is 1. The summed E-state index contributed by atoms with van der Waals surface area (Å²) in [6.07, 6.45) is 1.67. The number of aryl methyl sites for hydroxylation is 1. The van der Waals surface area contributed by atoms with Crippen molar-refractivity contribution in [2.45, 2.75) is 25.5 Å². The number of nitrogens with zero attached hydrogens (tertiary/aromatic N) is 2. The number of benzene rings is 2. The van der Waals surface area contributed by atoms with Gasteiger partial charge in [-0.2, -0.15) is 0 Å². The molecule has 0 aromatic heterocycles. The van der Waals surface area contributed by atoms with Crippen molar-refractivity contribution in [2.75, 3.05) is 25.5 Å². The first kappa shape index (κ1) is 18.0. The zero-order valence-corrected chi connectivity index (χ0v) is 16.2. The Morgan fingerprint density at radius 3 is 2.72 bits per heavy atom. The highest BCUT2D eigenvalue weighted by atomic mass is 79.9. The van der Waals surface area contributed by atoms with Gasteiger partial charge in [0, 0.05) is 17.1 Å². The third-order valence-electron chi connectivity index (χ3n) is 4.63. The molecule has 1 aliphatic heterocycles. The van der Waals surface area contributed by atoms with Crippen LogP contribution in [-0.2, 0) is 17.8 Å². The predicted octanol–water partition coefficient (Wildman–Crippen LogP) is 4.47. The van der Waals surface area contributed by atoms with Gasteiger partial charge in [-0.1, -0.05) is 46.3 Å². The SMILES string of the molecule is CN(C)C1CCc2cc(Br)ccc2N(C(=O)OCc2ccccc2)C1. The molecule has 5 heteroatoms. The molecule has 0 radical (unpaired) electrons. The number of amides is 1. The van der Waals surface area contributed by atoms with Crippen molar-refractivity contribution in [2.24, 2.45) is 0 Å². The van der Waals surface area contributed by atoms with Crippen LogP contribution in [0.4, 0.5) is 10.5 Å². The fourth-order valence-electron chi connectivity index (χ4n) is 3.13. The first-order chi connectivity index (χ1) is 12.0. The second-order valence-corrected chi connectivity index (χ2v) is 7.50. The number of likely N-dealkylation sites (N-methyl/N-ethyl adjacent to an activating group) is 1. The zero-order valence-electron chi connectivity index (χ0n) is 14.6. The third-order valence-corrected chi connectivity index (χ3v) is 5.12. The number of rotatable bonds is 3. The zero-order chi connectivity index (χ0) is 17.8. The molecule has 0 aliphatic carbocycles. The van der Waals surface area contributed by atoms with Gasteiger partial charge in [-0.25, -0.2) is 4.79 Å². The van der Waals surface area contributed by atoms with Crippen LogP contribution in [0.2, 0.25) is 0 Å². The minimum Gasteiger partial charge on any atom is -0.444 e. The van der Waals surface area contributed by atoms with Crippen molar-refractivity contribution in [1.82, 2.24) is 4.90 Å². The van der Waals surface area contributed by atoms with Gasteiger partial charge in [0.2, 0.25) is 0 Å². The van der Waals surface area contributed by atoms with E-state index in [9.17, 15) is 4.79 Å². The van der Waals surface area contributed by atoms with Crippen LogP contribution in [-0.4, -0.2) is 37.7 Å². The number of carbonyl (C=O) groups is 1. The van der Waals surface area contributed by atoms with Crippen molar-refractivity contribution in [3.63, 3.8) is 0 Å². The summed E-state index contributed by atoms with van der Waals surface area (Å²) in [6, 6.07) is 16.2. The second-order valence-electron chi connectivity index (χ2n) is 6.58. The maximum atomic E-state index is 12.8. The molecule has 2 aromatic carbocycles. The number of ether oxygens (including phenoxy) is 1. The van der Waals surface area contributed by atoms with Crippen LogP contribution in [0, 0.1) is 0 Å². The summed E-state index contributed by atoms with van der Waals surface area (Å²) in [5, 5.41) is 0. The lowest BCUT2D eigenvalue weighted by Crippen LogP contribution is -2.42. The van der Waals surface area contributed by atoms with Crippen LogP contribution in [0.3, 0.4) is 0 Å². The fourth-order valence-corrected chi connectivity index (χ4v) is 3.54. The molecule has 1 unspecified atom stereocenters. The normalized spacial score (nSPS) is 17.1.